The monoisotopic (exact) mass is 293 g/mol. The van der Waals surface area contributed by atoms with E-state index in [-0.39, 0.29) is 5.69 Å². The standard InChI is InChI=1S/C18H19N3O/c1-4-10-21-17-15(9-8-13(3)19-17)16(20-18(21)22)14-7-5-6-12(2)11-14/h5-9,11H,4,10H2,1-3H3. The zero-order chi connectivity index (χ0) is 15.7. The first-order valence-corrected chi connectivity index (χ1v) is 7.55. The van der Waals surface area contributed by atoms with Gasteiger partial charge in [-0.25, -0.2) is 9.78 Å². The van der Waals surface area contributed by atoms with Gasteiger partial charge in [-0.2, -0.15) is 4.98 Å². The molecule has 3 rings (SSSR count). The number of rotatable bonds is 3. The summed E-state index contributed by atoms with van der Waals surface area (Å²) < 4.78 is 1.67. The molecule has 0 aliphatic heterocycles. The maximum absolute atomic E-state index is 12.4. The summed E-state index contributed by atoms with van der Waals surface area (Å²) in [4.78, 5) is 21.3. The van der Waals surface area contributed by atoms with Crippen LogP contribution in [-0.4, -0.2) is 14.5 Å². The van der Waals surface area contributed by atoms with Crippen LogP contribution in [0, 0.1) is 13.8 Å². The van der Waals surface area contributed by atoms with Gasteiger partial charge < -0.3 is 0 Å². The largest absolute Gasteiger partial charge is 0.349 e. The second-order valence-corrected chi connectivity index (χ2v) is 5.59. The fraction of sp³-hybridized carbons (Fsp3) is 0.278. The number of benzene rings is 1. The maximum atomic E-state index is 12.4. The number of nitrogens with zero attached hydrogens (tertiary/aromatic N) is 3. The average Bonchev–Trinajstić information content (AvgIpc) is 2.50. The van der Waals surface area contributed by atoms with Crippen molar-refractivity contribution in [3.05, 3.63) is 58.1 Å². The number of aromatic nitrogens is 3. The Bertz CT molecular complexity index is 896. The van der Waals surface area contributed by atoms with Crippen molar-refractivity contribution in [2.75, 3.05) is 0 Å². The average molecular weight is 293 g/mol. The lowest BCUT2D eigenvalue weighted by atomic mass is 10.1. The van der Waals surface area contributed by atoms with Gasteiger partial charge in [0.25, 0.3) is 0 Å². The van der Waals surface area contributed by atoms with Crippen molar-refractivity contribution in [3.8, 4) is 11.3 Å². The SMILES string of the molecule is CCCn1c(=O)nc(-c2cccc(C)c2)c2ccc(C)nc21. The van der Waals surface area contributed by atoms with Gasteiger partial charge >= 0.3 is 5.69 Å². The predicted molar refractivity (Wildman–Crippen MR) is 89.0 cm³/mol. The van der Waals surface area contributed by atoms with Crippen molar-refractivity contribution in [1.82, 2.24) is 14.5 Å². The minimum Gasteiger partial charge on any atom is -0.276 e. The molecule has 0 radical (unpaired) electrons. The van der Waals surface area contributed by atoms with Gasteiger partial charge in [0.2, 0.25) is 0 Å². The van der Waals surface area contributed by atoms with Gasteiger partial charge in [-0.15, -0.1) is 0 Å². The molecular formula is C18H19N3O. The molecule has 0 atom stereocenters. The Morgan fingerprint density at radius 2 is 1.91 bits per heavy atom. The zero-order valence-corrected chi connectivity index (χ0v) is 13.1. The molecular weight excluding hydrogens is 274 g/mol. The summed E-state index contributed by atoms with van der Waals surface area (Å²) in [5.41, 5.74) is 4.20. The van der Waals surface area contributed by atoms with E-state index in [0.29, 0.717) is 12.2 Å². The third-order valence-corrected chi connectivity index (χ3v) is 3.70. The highest BCUT2D eigenvalue weighted by Crippen LogP contribution is 2.25. The lowest BCUT2D eigenvalue weighted by Gasteiger charge is -2.12. The van der Waals surface area contributed by atoms with E-state index in [1.54, 1.807) is 4.57 Å². The van der Waals surface area contributed by atoms with Crippen molar-refractivity contribution in [3.63, 3.8) is 0 Å². The van der Waals surface area contributed by atoms with Crippen LogP contribution in [0.4, 0.5) is 0 Å². The van der Waals surface area contributed by atoms with Gasteiger partial charge in [0.1, 0.15) is 5.65 Å². The molecule has 2 heterocycles. The van der Waals surface area contributed by atoms with Gasteiger partial charge in [0, 0.05) is 23.2 Å². The normalized spacial score (nSPS) is 11.0. The predicted octanol–water partition coefficient (Wildman–Crippen LogP) is 3.49. The molecule has 2 aromatic heterocycles. The number of pyridine rings is 1. The van der Waals surface area contributed by atoms with Crippen LogP contribution in [0.1, 0.15) is 24.6 Å². The number of aryl methyl sites for hydroxylation is 3. The molecule has 112 valence electrons. The van der Waals surface area contributed by atoms with E-state index < -0.39 is 0 Å². The Balaban J connectivity index is 2.37. The fourth-order valence-electron chi connectivity index (χ4n) is 2.68. The lowest BCUT2D eigenvalue weighted by Crippen LogP contribution is -2.24. The highest BCUT2D eigenvalue weighted by atomic mass is 16.1. The van der Waals surface area contributed by atoms with E-state index in [1.165, 1.54) is 0 Å². The molecule has 22 heavy (non-hydrogen) atoms. The van der Waals surface area contributed by atoms with Crippen LogP contribution in [0.2, 0.25) is 0 Å². The Kier molecular flexibility index (Phi) is 3.75. The second-order valence-electron chi connectivity index (χ2n) is 5.59. The van der Waals surface area contributed by atoms with Crippen LogP contribution in [-0.2, 0) is 6.54 Å². The van der Waals surface area contributed by atoms with Gasteiger partial charge in [-0.05, 0) is 38.5 Å². The van der Waals surface area contributed by atoms with Crippen molar-refractivity contribution >= 4 is 11.0 Å². The van der Waals surface area contributed by atoms with Gasteiger partial charge in [0.15, 0.2) is 0 Å². The van der Waals surface area contributed by atoms with Crippen molar-refractivity contribution in [2.24, 2.45) is 0 Å². The van der Waals surface area contributed by atoms with Crippen LogP contribution in [0.15, 0.2) is 41.2 Å². The highest BCUT2D eigenvalue weighted by Gasteiger charge is 2.13. The van der Waals surface area contributed by atoms with E-state index >= 15 is 0 Å². The summed E-state index contributed by atoms with van der Waals surface area (Å²) in [6.45, 7) is 6.65. The quantitative estimate of drug-likeness (QED) is 0.742. The smallest absolute Gasteiger partial charge is 0.276 e. The van der Waals surface area contributed by atoms with E-state index in [0.717, 1.165) is 34.3 Å². The summed E-state index contributed by atoms with van der Waals surface area (Å²) in [6.07, 6.45) is 0.871. The minimum atomic E-state index is -0.232. The lowest BCUT2D eigenvalue weighted by molar-refractivity contribution is 0.654. The first kappa shape index (κ1) is 14.4. The molecule has 0 spiro atoms. The molecule has 0 N–H and O–H groups in total. The van der Waals surface area contributed by atoms with Gasteiger partial charge in [0.05, 0.1) is 5.69 Å². The summed E-state index contributed by atoms with van der Waals surface area (Å²) >= 11 is 0. The summed E-state index contributed by atoms with van der Waals surface area (Å²) in [7, 11) is 0. The van der Waals surface area contributed by atoms with Crippen molar-refractivity contribution < 1.29 is 0 Å². The van der Waals surface area contributed by atoms with Crippen molar-refractivity contribution in [1.29, 1.82) is 0 Å². The molecule has 0 saturated carbocycles. The van der Waals surface area contributed by atoms with Crippen LogP contribution in [0.25, 0.3) is 22.3 Å². The minimum absolute atomic E-state index is 0.232. The molecule has 0 fully saturated rings. The van der Waals surface area contributed by atoms with E-state index in [9.17, 15) is 4.79 Å². The number of fused-ring (bicyclic) bond motifs is 1. The molecule has 0 aliphatic carbocycles. The van der Waals surface area contributed by atoms with Gasteiger partial charge in [-0.1, -0.05) is 30.7 Å². The Labute approximate surface area is 129 Å². The summed E-state index contributed by atoms with van der Waals surface area (Å²) in [5.74, 6) is 0. The van der Waals surface area contributed by atoms with E-state index in [2.05, 4.69) is 9.97 Å². The van der Waals surface area contributed by atoms with Crippen LogP contribution in [0.3, 0.4) is 0 Å². The topological polar surface area (TPSA) is 47.8 Å². The van der Waals surface area contributed by atoms with Crippen LogP contribution >= 0.6 is 0 Å². The molecule has 0 bridgehead atoms. The van der Waals surface area contributed by atoms with Crippen molar-refractivity contribution in [2.45, 2.75) is 33.7 Å². The second kappa shape index (κ2) is 5.72. The maximum Gasteiger partial charge on any atom is 0.349 e. The molecule has 0 saturated heterocycles. The summed E-state index contributed by atoms with van der Waals surface area (Å²) in [6, 6.07) is 12.0. The first-order valence-electron chi connectivity index (χ1n) is 7.55. The Hall–Kier alpha value is -2.49. The number of hydrogen-bond acceptors (Lipinski definition) is 3. The van der Waals surface area contributed by atoms with E-state index in [1.807, 2.05) is 57.2 Å². The van der Waals surface area contributed by atoms with Crippen LogP contribution in [0.5, 0.6) is 0 Å². The first-order chi connectivity index (χ1) is 10.6. The molecule has 4 nitrogen and oxygen atoms in total. The third kappa shape index (κ3) is 2.52. The van der Waals surface area contributed by atoms with Gasteiger partial charge in [-0.3, -0.25) is 4.57 Å². The molecule has 1 aromatic carbocycles. The van der Waals surface area contributed by atoms with Crippen LogP contribution < -0.4 is 5.69 Å². The zero-order valence-electron chi connectivity index (χ0n) is 13.1. The highest BCUT2D eigenvalue weighted by molar-refractivity contribution is 5.90. The molecule has 4 heteroatoms. The fourth-order valence-corrected chi connectivity index (χ4v) is 2.68. The molecule has 3 aromatic rings. The summed E-state index contributed by atoms with van der Waals surface area (Å²) in [5, 5.41) is 0.921. The van der Waals surface area contributed by atoms with E-state index in [4.69, 9.17) is 0 Å². The molecule has 0 unspecified atom stereocenters. The third-order valence-electron chi connectivity index (χ3n) is 3.70. The number of hydrogen-bond donors (Lipinski definition) is 0. The Morgan fingerprint density at radius 1 is 1.09 bits per heavy atom. The molecule has 0 amide bonds. The Morgan fingerprint density at radius 3 is 2.64 bits per heavy atom. The molecule has 0 aliphatic rings.